The first kappa shape index (κ1) is 17.1. The number of amides is 1. The van der Waals surface area contributed by atoms with Crippen molar-refractivity contribution in [2.75, 3.05) is 19.3 Å². The van der Waals surface area contributed by atoms with Crippen LogP contribution in [0.4, 0.5) is 4.39 Å². The number of rotatable bonds is 6. The average molecular weight is 340 g/mol. The zero-order chi connectivity index (χ0) is 17.0. The van der Waals surface area contributed by atoms with E-state index < -0.39 is 21.7 Å². The second-order valence-corrected chi connectivity index (χ2v) is 6.86. The average Bonchev–Trinajstić information content (AvgIpc) is 2.89. The Kier molecular flexibility index (Phi) is 5.12. The number of sulfonamides is 1. The highest BCUT2D eigenvalue weighted by atomic mass is 32.2. The standard InChI is InChI=1S/C14H17FN4O3S/c1-10-9-12(14(20)17-7-8-23(21,22)16-2)18-19(10)13-6-4-3-5-11(13)15/h3-6,9,16H,7-8H2,1-2H3,(H,17,20). The van der Waals surface area contributed by atoms with E-state index >= 15 is 0 Å². The second-order valence-electron chi connectivity index (χ2n) is 4.81. The van der Waals surface area contributed by atoms with Crippen molar-refractivity contribution in [3.8, 4) is 5.69 Å². The number of carbonyl (C=O) groups is 1. The number of carbonyl (C=O) groups excluding carboxylic acids is 1. The maximum atomic E-state index is 13.8. The van der Waals surface area contributed by atoms with Crippen LogP contribution in [0.25, 0.3) is 5.69 Å². The highest BCUT2D eigenvalue weighted by molar-refractivity contribution is 7.89. The van der Waals surface area contributed by atoms with E-state index in [0.29, 0.717) is 5.69 Å². The molecule has 0 spiro atoms. The van der Waals surface area contributed by atoms with Gasteiger partial charge in [0.15, 0.2) is 5.69 Å². The van der Waals surface area contributed by atoms with Gasteiger partial charge in [-0.25, -0.2) is 22.2 Å². The SMILES string of the molecule is CNS(=O)(=O)CCNC(=O)c1cc(C)n(-c2ccccc2F)n1. The molecule has 0 aliphatic carbocycles. The molecule has 0 bridgehead atoms. The third-order valence-electron chi connectivity index (χ3n) is 3.17. The van der Waals surface area contributed by atoms with Crippen molar-refractivity contribution in [1.82, 2.24) is 19.8 Å². The molecule has 1 heterocycles. The molecule has 0 saturated carbocycles. The molecule has 124 valence electrons. The summed E-state index contributed by atoms with van der Waals surface area (Å²) in [5, 5.41) is 6.54. The van der Waals surface area contributed by atoms with E-state index in [1.54, 1.807) is 25.1 Å². The van der Waals surface area contributed by atoms with Crippen LogP contribution in [0.2, 0.25) is 0 Å². The number of halogens is 1. The van der Waals surface area contributed by atoms with Crippen LogP contribution >= 0.6 is 0 Å². The molecule has 2 aromatic rings. The van der Waals surface area contributed by atoms with Crippen LogP contribution in [0.15, 0.2) is 30.3 Å². The van der Waals surface area contributed by atoms with Crippen molar-refractivity contribution in [3.05, 3.63) is 47.5 Å². The summed E-state index contributed by atoms with van der Waals surface area (Å²) in [6.07, 6.45) is 0. The molecule has 2 rings (SSSR count). The maximum Gasteiger partial charge on any atom is 0.271 e. The van der Waals surface area contributed by atoms with E-state index in [4.69, 9.17) is 0 Å². The summed E-state index contributed by atoms with van der Waals surface area (Å²) in [5.74, 6) is -1.21. The summed E-state index contributed by atoms with van der Waals surface area (Å²) in [5.41, 5.74) is 0.914. The molecule has 2 N–H and O–H groups in total. The van der Waals surface area contributed by atoms with Gasteiger partial charge in [0.2, 0.25) is 10.0 Å². The number of nitrogens with zero attached hydrogens (tertiary/aromatic N) is 2. The fraction of sp³-hybridized carbons (Fsp3) is 0.286. The number of hydrogen-bond acceptors (Lipinski definition) is 4. The minimum absolute atomic E-state index is 0.0480. The Morgan fingerprint density at radius 2 is 2.04 bits per heavy atom. The zero-order valence-electron chi connectivity index (χ0n) is 12.7. The van der Waals surface area contributed by atoms with Crippen molar-refractivity contribution >= 4 is 15.9 Å². The largest absolute Gasteiger partial charge is 0.350 e. The van der Waals surface area contributed by atoms with Gasteiger partial charge in [0.25, 0.3) is 5.91 Å². The quantitative estimate of drug-likeness (QED) is 0.805. The van der Waals surface area contributed by atoms with Crippen LogP contribution in [0, 0.1) is 12.7 Å². The fourth-order valence-electron chi connectivity index (χ4n) is 1.94. The van der Waals surface area contributed by atoms with Gasteiger partial charge < -0.3 is 5.32 Å². The van der Waals surface area contributed by atoms with Gasteiger partial charge >= 0.3 is 0 Å². The Hall–Kier alpha value is -2.26. The van der Waals surface area contributed by atoms with E-state index in [9.17, 15) is 17.6 Å². The van der Waals surface area contributed by atoms with Gasteiger partial charge in [-0.15, -0.1) is 0 Å². The highest BCUT2D eigenvalue weighted by Gasteiger charge is 2.15. The second kappa shape index (κ2) is 6.88. The van der Waals surface area contributed by atoms with E-state index in [1.807, 2.05) is 0 Å². The van der Waals surface area contributed by atoms with Gasteiger partial charge in [-0.05, 0) is 32.2 Å². The minimum atomic E-state index is -3.39. The van der Waals surface area contributed by atoms with Crippen LogP contribution < -0.4 is 10.0 Å². The van der Waals surface area contributed by atoms with Crippen molar-refractivity contribution in [1.29, 1.82) is 0 Å². The van der Waals surface area contributed by atoms with Gasteiger partial charge in [-0.3, -0.25) is 4.79 Å². The lowest BCUT2D eigenvalue weighted by Gasteiger charge is -2.05. The van der Waals surface area contributed by atoms with E-state index in [-0.39, 0.29) is 23.7 Å². The first-order valence-electron chi connectivity index (χ1n) is 6.85. The summed E-state index contributed by atoms with van der Waals surface area (Å²) >= 11 is 0. The Bertz CT molecular complexity index is 817. The van der Waals surface area contributed by atoms with Gasteiger partial charge in [-0.1, -0.05) is 12.1 Å². The Morgan fingerprint density at radius 3 is 2.70 bits per heavy atom. The van der Waals surface area contributed by atoms with Gasteiger partial charge in [0.05, 0.1) is 5.75 Å². The molecule has 0 atom stereocenters. The minimum Gasteiger partial charge on any atom is -0.350 e. The predicted molar refractivity (Wildman–Crippen MR) is 83.4 cm³/mol. The Labute approximate surface area is 133 Å². The summed E-state index contributed by atoms with van der Waals surface area (Å²) in [6.45, 7) is 1.65. The maximum absolute atomic E-state index is 13.8. The molecule has 0 unspecified atom stereocenters. The van der Waals surface area contributed by atoms with Crippen LogP contribution in [0.5, 0.6) is 0 Å². The normalized spacial score (nSPS) is 11.4. The number of hydrogen-bond donors (Lipinski definition) is 2. The molecule has 7 nitrogen and oxygen atoms in total. The third-order valence-corrected chi connectivity index (χ3v) is 4.53. The number of aryl methyl sites for hydroxylation is 1. The van der Waals surface area contributed by atoms with Crippen molar-refractivity contribution in [3.63, 3.8) is 0 Å². The molecular formula is C14H17FN4O3S. The molecular weight excluding hydrogens is 323 g/mol. The number of aromatic nitrogens is 2. The smallest absolute Gasteiger partial charge is 0.271 e. The molecule has 0 saturated heterocycles. The third kappa shape index (κ3) is 4.14. The molecule has 0 radical (unpaired) electrons. The molecule has 0 fully saturated rings. The fourth-order valence-corrected chi connectivity index (χ4v) is 2.52. The van der Waals surface area contributed by atoms with Crippen LogP contribution in [0.3, 0.4) is 0 Å². The molecule has 0 aliphatic heterocycles. The molecule has 23 heavy (non-hydrogen) atoms. The first-order chi connectivity index (χ1) is 10.8. The summed E-state index contributed by atoms with van der Waals surface area (Å²) in [4.78, 5) is 12.0. The molecule has 1 aromatic heterocycles. The topological polar surface area (TPSA) is 93.1 Å². The van der Waals surface area contributed by atoms with E-state index in [2.05, 4.69) is 15.1 Å². The first-order valence-corrected chi connectivity index (χ1v) is 8.50. The van der Waals surface area contributed by atoms with Crippen LogP contribution in [0.1, 0.15) is 16.2 Å². The Balaban J connectivity index is 2.12. The van der Waals surface area contributed by atoms with Gasteiger partial charge in [-0.2, -0.15) is 5.10 Å². The predicted octanol–water partition coefficient (Wildman–Crippen LogP) is 0.599. The van der Waals surface area contributed by atoms with E-state index in [0.717, 1.165) is 0 Å². The summed E-state index contributed by atoms with van der Waals surface area (Å²) in [6, 6.07) is 7.60. The van der Waals surface area contributed by atoms with Crippen molar-refractivity contribution in [2.45, 2.75) is 6.92 Å². The number of benzene rings is 1. The lowest BCUT2D eigenvalue weighted by Crippen LogP contribution is -2.33. The molecule has 1 amide bonds. The molecule has 0 aliphatic rings. The van der Waals surface area contributed by atoms with Gasteiger partial charge in [0, 0.05) is 12.2 Å². The Morgan fingerprint density at radius 1 is 1.35 bits per heavy atom. The summed E-state index contributed by atoms with van der Waals surface area (Å²) < 4.78 is 39.8. The lowest BCUT2D eigenvalue weighted by atomic mass is 10.3. The highest BCUT2D eigenvalue weighted by Crippen LogP contribution is 2.15. The molecule has 1 aromatic carbocycles. The van der Waals surface area contributed by atoms with Crippen molar-refractivity contribution in [2.24, 2.45) is 0 Å². The number of nitrogens with one attached hydrogen (secondary N) is 2. The van der Waals surface area contributed by atoms with Crippen molar-refractivity contribution < 1.29 is 17.6 Å². The monoisotopic (exact) mass is 340 g/mol. The van der Waals surface area contributed by atoms with Crippen LogP contribution in [-0.4, -0.2) is 43.5 Å². The van der Waals surface area contributed by atoms with Crippen LogP contribution in [-0.2, 0) is 10.0 Å². The zero-order valence-corrected chi connectivity index (χ0v) is 13.5. The number of para-hydroxylation sites is 1. The van der Waals surface area contributed by atoms with E-state index in [1.165, 1.54) is 23.9 Å². The lowest BCUT2D eigenvalue weighted by molar-refractivity contribution is 0.0950. The molecule has 9 heteroatoms. The van der Waals surface area contributed by atoms with Gasteiger partial charge in [0.1, 0.15) is 11.5 Å². The summed E-state index contributed by atoms with van der Waals surface area (Å²) in [7, 11) is -2.09.